The second-order valence-electron chi connectivity index (χ2n) is 4.18. The lowest BCUT2D eigenvalue weighted by Crippen LogP contribution is -2.25. The van der Waals surface area contributed by atoms with Gasteiger partial charge < -0.3 is 14.8 Å². The highest BCUT2D eigenvalue weighted by molar-refractivity contribution is 5.20. The van der Waals surface area contributed by atoms with Crippen LogP contribution in [0, 0.1) is 5.82 Å². The van der Waals surface area contributed by atoms with Crippen LogP contribution in [-0.4, -0.2) is 11.7 Å². The van der Waals surface area contributed by atoms with Gasteiger partial charge in [0.25, 0.3) is 0 Å². The molecule has 2 aromatic rings. The molecular weight excluding hydrogens is 233 g/mol. The van der Waals surface area contributed by atoms with Crippen LogP contribution in [0.3, 0.4) is 0 Å². The lowest BCUT2D eigenvalue weighted by Gasteiger charge is -2.17. The molecule has 0 bridgehead atoms. The molecule has 2 atom stereocenters. The number of nitrogens with one attached hydrogen (secondary N) is 1. The van der Waals surface area contributed by atoms with Gasteiger partial charge >= 0.3 is 0 Å². The van der Waals surface area contributed by atoms with E-state index in [9.17, 15) is 9.50 Å². The van der Waals surface area contributed by atoms with E-state index >= 15 is 0 Å². The molecule has 0 spiro atoms. The van der Waals surface area contributed by atoms with Crippen molar-refractivity contribution in [3.05, 3.63) is 59.8 Å². The highest BCUT2D eigenvalue weighted by Crippen LogP contribution is 2.18. The predicted octanol–water partition coefficient (Wildman–Crippen LogP) is 2.80. The first-order chi connectivity index (χ1) is 8.68. The van der Waals surface area contributed by atoms with Crippen LogP contribution in [0.15, 0.2) is 47.1 Å². The Morgan fingerprint density at radius 3 is 2.72 bits per heavy atom. The Morgan fingerprint density at radius 2 is 2.06 bits per heavy atom. The van der Waals surface area contributed by atoms with Gasteiger partial charge in [-0.3, -0.25) is 0 Å². The summed E-state index contributed by atoms with van der Waals surface area (Å²) in [6.07, 6.45) is 0.785. The Kier molecular flexibility index (Phi) is 4.12. The van der Waals surface area contributed by atoms with E-state index in [0.29, 0.717) is 17.9 Å². The Hall–Kier alpha value is -1.65. The number of furan rings is 1. The molecule has 3 nitrogen and oxygen atoms in total. The fourth-order valence-corrected chi connectivity index (χ4v) is 1.81. The van der Waals surface area contributed by atoms with Crippen molar-refractivity contribution in [3.8, 4) is 0 Å². The number of aliphatic hydroxyl groups is 1. The topological polar surface area (TPSA) is 45.4 Å². The minimum absolute atomic E-state index is 0.171. The quantitative estimate of drug-likeness (QED) is 0.856. The van der Waals surface area contributed by atoms with Crippen molar-refractivity contribution in [1.82, 2.24) is 5.32 Å². The summed E-state index contributed by atoms with van der Waals surface area (Å²) in [7, 11) is 0. The van der Waals surface area contributed by atoms with Crippen molar-refractivity contribution < 1.29 is 13.9 Å². The molecule has 1 aromatic carbocycles. The van der Waals surface area contributed by atoms with Crippen LogP contribution >= 0.6 is 0 Å². The summed E-state index contributed by atoms with van der Waals surface area (Å²) in [5.74, 6) is 0.258. The van der Waals surface area contributed by atoms with Crippen molar-refractivity contribution in [2.75, 3.05) is 6.54 Å². The third-order valence-electron chi connectivity index (χ3n) is 2.86. The molecule has 96 valence electrons. The van der Waals surface area contributed by atoms with Gasteiger partial charge in [0, 0.05) is 18.2 Å². The average Bonchev–Trinajstić information content (AvgIpc) is 2.90. The fraction of sp³-hybridized carbons (Fsp3) is 0.286. The highest BCUT2D eigenvalue weighted by atomic mass is 19.1. The molecule has 0 saturated heterocycles. The zero-order chi connectivity index (χ0) is 13.0. The van der Waals surface area contributed by atoms with Crippen molar-refractivity contribution in [2.24, 2.45) is 0 Å². The van der Waals surface area contributed by atoms with Gasteiger partial charge in [0.1, 0.15) is 17.7 Å². The molecule has 4 heteroatoms. The van der Waals surface area contributed by atoms with Crippen LogP contribution in [0.2, 0.25) is 0 Å². The van der Waals surface area contributed by atoms with Gasteiger partial charge in [0.05, 0.1) is 6.26 Å². The van der Waals surface area contributed by atoms with Gasteiger partial charge in [-0.05, 0) is 25.1 Å². The first-order valence-electron chi connectivity index (χ1n) is 5.87. The lowest BCUT2D eigenvalue weighted by molar-refractivity contribution is 0.144. The molecule has 2 rings (SSSR count). The Bertz CT molecular complexity index is 484. The molecule has 0 fully saturated rings. The second-order valence-corrected chi connectivity index (χ2v) is 4.18. The summed E-state index contributed by atoms with van der Waals surface area (Å²) in [5.41, 5.74) is 0.587. The number of halogens is 1. The molecule has 2 N–H and O–H groups in total. The van der Waals surface area contributed by atoms with Crippen LogP contribution in [0.1, 0.15) is 30.4 Å². The van der Waals surface area contributed by atoms with Gasteiger partial charge in [-0.1, -0.05) is 18.2 Å². The van der Waals surface area contributed by atoms with Crippen LogP contribution < -0.4 is 5.32 Å². The minimum atomic E-state index is -0.728. The Morgan fingerprint density at radius 1 is 1.28 bits per heavy atom. The fourth-order valence-electron chi connectivity index (χ4n) is 1.81. The zero-order valence-corrected chi connectivity index (χ0v) is 10.1. The van der Waals surface area contributed by atoms with E-state index in [1.165, 1.54) is 12.3 Å². The van der Waals surface area contributed by atoms with E-state index in [0.717, 1.165) is 0 Å². The van der Waals surface area contributed by atoms with E-state index in [2.05, 4.69) is 5.32 Å². The largest absolute Gasteiger partial charge is 0.467 e. The molecule has 0 aliphatic heterocycles. The highest BCUT2D eigenvalue weighted by Gasteiger charge is 2.14. The van der Waals surface area contributed by atoms with Crippen LogP contribution in [0.4, 0.5) is 4.39 Å². The first-order valence-corrected chi connectivity index (χ1v) is 5.87. The summed E-state index contributed by atoms with van der Waals surface area (Å²) in [4.78, 5) is 0. The molecule has 1 aromatic heterocycles. The molecule has 0 radical (unpaired) electrons. The van der Waals surface area contributed by atoms with Gasteiger partial charge in [-0.25, -0.2) is 4.39 Å². The van der Waals surface area contributed by atoms with E-state index in [4.69, 9.17) is 4.42 Å². The summed E-state index contributed by atoms with van der Waals surface area (Å²) in [6.45, 7) is 2.16. The number of rotatable bonds is 5. The molecule has 1 heterocycles. The smallest absolute Gasteiger partial charge is 0.133 e. The number of benzene rings is 1. The number of aliphatic hydroxyl groups excluding tert-OH is 1. The standard InChI is InChI=1S/C14H16FNO2/c1-10(11-5-2-3-6-12(11)15)16-9-13(17)14-7-4-8-18-14/h2-8,10,13,16-17H,9H2,1H3. The zero-order valence-electron chi connectivity index (χ0n) is 10.1. The van der Waals surface area contributed by atoms with E-state index in [1.807, 2.05) is 6.92 Å². The molecular formula is C14H16FNO2. The van der Waals surface area contributed by atoms with Gasteiger partial charge in [0.15, 0.2) is 0 Å². The molecule has 2 unspecified atom stereocenters. The molecule has 18 heavy (non-hydrogen) atoms. The van der Waals surface area contributed by atoms with Crippen molar-refractivity contribution >= 4 is 0 Å². The van der Waals surface area contributed by atoms with Crippen molar-refractivity contribution in [3.63, 3.8) is 0 Å². The van der Waals surface area contributed by atoms with Gasteiger partial charge in [-0.2, -0.15) is 0 Å². The van der Waals surface area contributed by atoms with Crippen molar-refractivity contribution in [2.45, 2.75) is 19.1 Å². The molecule has 0 aliphatic carbocycles. The average molecular weight is 249 g/mol. The first kappa shape index (κ1) is 12.8. The second kappa shape index (κ2) is 5.80. The van der Waals surface area contributed by atoms with Crippen molar-refractivity contribution in [1.29, 1.82) is 0 Å². The third-order valence-corrected chi connectivity index (χ3v) is 2.86. The van der Waals surface area contributed by atoms with Crippen LogP contribution in [0.25, 0.3) is 0 Å². The van der Waals surface area contributed by atoms with Crippen LogP contribution in [0.5, 0.6) is 0 Å². The number of hydrogen-bond acceptors (Lipinski definition) is 3. The van der Waals surface area contributed by atoms with Gasteiger partial charge in [0.2, 0.25) is 0 Å². The molecule has 0 saturated carbocycles. The summed E-state index contributed by atoms with van der Waals surface area (Å²) in [6, 6.07) is 9.86. The monoisotopic (exact) mass is 249 g/mol. The minimum Gasteiger partial charge on any atom is -0.467 e. The van der Waals surface area contributed by atoms with E-state index < -0.39 is 6.10 Å². The summed E-state index contributed by atoms with van der Waals surface area (Å²) in [5, 5.41) is 12.9. The maximum atomic E-state index is 13.5. The Labute approximate surface area is 105 Å². The van der Waals surface area contributed by atoms with E-state index in [-0.39, 0.29) is 11.9 Å². The normalized spacial score (nSPS) is 14.4. The molecule has 0 amide bonds. The maximum Gasteiger partial charge on any atom is 0.133 e. The maximum absolute atomic E-state index is 13.5. The van der Waals surface area contributed by atoms with Gasteiger partial charge in [-0.15, -0.1) is 0 Å². The SMILES string of the molecule is CC(NCC(O)c1ccco1)c1ccccc1F. The third kappa shape index (κ3) is 2.97. The van der Waals surface area contributed by atoms with Crippen LogP contribution in [-0.2, 0) is 0 Å². The number of hydrogen-bond donors (Lipinski definition) is 2. The summed E-state index contributed by atoms with van der Waals surface area (Å²) < 4.78 is 18.6. The van der Waals surface area contributed by atoms with E-state index in [1.54, 1.807) is 30.3 Å². The Balaban J connectivity index is 1.93. The molecule has 0 aliphatic rings. The predicted molar refractivity (Wildman–Crippen MR) is 66.5 cm³/mol. The summed E-state index contributed by atoms with van der Waals surface area (Å²) >= 11 is 0. The lowest BCUT2D eigenvalue weighted by atomic mass is 10.1.